The second-order valence-corrected chi connectivity index (χ2v) is 5.17. The average molecular weight is 315 g/mol. The third-order valence-electron chi connectivity index (χ3n) is 2.61. The molecule has 0 heterocycles. The van der Waals surface area contributed by atoms with Crippen LogP contribution in [0.15, 0.2) is 24.3 Å². The summed E-state index contributed by atoms with van der Waals surface area (Å²) in [7, 11) is 1.62. The summed E-state index contributed by atoms with van der Waals surface area (Å²) in [4.78, 5) is 11.5. The van der Waals surface area contributed by atoms with E-state index in [2.05, 4.69) is 22.9 Å². The molecule has 1 aromatic carbocycles. The maximum Gasteiger partial charge on any atom is 0.320 e. The van der Waals surface area contributed by atoms with Crippen molar-refractivity contribution in [1.29, 1.82) is 0 Å². The molecule has 0 spiro atoms. The Labute approximate surface area is 117 Å². The van der Waals surface area contributed by atoms with Crippen molar-refractivity contribution in [3.8, 4) is 5.75 Å². The van der Waals surface area contributed by atoms with Crippen molar-refractivity contribution in [2.24, 2.45) is 0 Å². The zero-order valence-electron chi connectivity index (χ0n) is 10.8. The zero-order valence-corrected chi connectivity index (χ0v) is 12.4. The van der Waals surface area contributed by atoms with E-state index < -0.39 is 0 Å². The molecular weight excluding hydrogens is 296 g/mol. The number of hydrogen-bond acceptors (Lipinski definition) is 3. The van der Waals surface area contributed by atoms with Crippen LogP contribution >= 0.6 is 15.9 Å². The van der Waals surface area contributed by atoms with Crippen molar-refractivity contribution in [2.75, 3.05) is 7.11 Å². The van der Waals surface area contributed by atoms with Crippen LogP contribution in [0.25, 0.3) is 0 Å². The molecule has 0 radical (unpaired) electrons. The van der Waals surface area contributed by atoms with Crippen molar-refractivity contribution in [1.82, 2.24) is 0 Å². The Morgan fingerprint density at radius 1 is 1.33 bits per heavy atom. The summed E-state index contributed by atoms with van der Waals surface area (Å²) in [6, 6.07) is 7.49. The van der Waals surface area contributed by atoms with Gasteiger partial charge < -0.3 is 9.47 Å². The zero-order chi connectivity index (χ0) is 13.4. The quantitative estimate of drug-likeness (QED) is 0.568. The number of rotatable bonds is 7. The van der Waals surface area contributed by atoms with Gasteiger partial charge in [-0.3, -0.25) is 4.79 Å². The van der Waals surface area contributed by atoms with Gasteiger partial charge in [-0.25, -0.2) is 0 Å². The largest absolute Gasteiger partial charge is 0.497 e. The van der Waals surface area contributed by atoms with E-state index in [0.29, 0.717) is 6.61 Å². The number of halogens is 1. The fourth-order valence-corrected chi connectivity index (χ4v) is 1.92. The second-order valence-electron chi connectivity index (χ2n) is 4.07. The number of carbonyl (C=O) groups is 1. The van der Waals surface area contributed by atoms with Crippen LogP contribution in [0.5, 0.6) is 5.75 Å². The molecule has 0 amide bonds. The van der Waals surface area contributed by atoms with Crippen LogP contribution in [0.1, 0.15) is 31.7 Å². The highest BCUT2D eigenvalue weighted by Crippen LogP contribution is 2.15. The molecule has 0 aliphatic rings. The van der Waals surface area contributed by atoms with Gasteiger partial charge >= 0.3 is 5.97 Å². The Bertz CT molecular complexity index is 362. The molecule has 0 aromatic heterocycles. The van der Waals surface area contributed by atoms with Gasteiger partial charge in [-0.2, -0.15) is 0 Å². The maximum atomic E-state index is 11.7. The van der Waals surface area contributed by atoms with Crippen LogP contribution < -0.4 is 4.74 Å². The fourth-order valence-electron chi connectivity index (χ4n) is 1.47. The first-order valence-corrected chi connectivity index (χ1v) is 7.02. The summed E-state index contributed by atoms with van der Waals surface area (Å²) in [5.74, 6) is 0.602. The lowest BCUT2D eigenvalue weighted by atomic mass is 10.2. The summed E-state index contributed by atoms with van der Waals surface area (Å²) in [5.41, 5.74) is 0.958. The summed E-state index contributed by atoms with van der Waals surface area (Å²) in [6.45, 7) is 2.40. The maximum absolute atomic E-state index is 11.7. The molecule has 0 aliphatic carbocycles. The minimum Gasteiger partial charge on any atom is -0.497 e. The van der Waals surface area contributed by atoms with E-state index in [1.807, 2.05) is 24.3 Å². The van der Waals surface area contributed by atoms with Gasteiger partial charge in [0, 0.05) is 0 Å². The minimum absolute atomic E-state index is 0.195. The van der Waals surface area contributed by atoms with Crippen molar-refractivity contribution in [2.45, 2.75) is 37.6 Å². The lowest BCUT2D eigenvalue weighted by Crippen LogP contribution is -2.17. The van der Waals surface area contributed by atoms with Gasteiger partial charge in [0.2, 0.25) is 0 Å². The van der Waals surface area contributed by atoms with Crippen molar-refractivity contribution in [3.05, 3.63) is 29.8 Å². The van der Waals surface area contributed by atoms with Gasteiger partial charge in [0.15, 0.2) is 0 Å². The molecule has 18 heavy (non-hydrogen) atoms. The SMILES string of the molecule is CCCCC(Br)C(=O)OCc1ccc(OC)cc1. The highest BCUT2D eigenvalue weighted by atomic mass is 79.9. The first-order chi connectivity index (χ1) is 8.67. The van der Waals surface area contributed by atoms with E-state index in [0.717, 1.165) is 30.6 Å². The van der Waals surface area contributed by atoms with Crippen LogP contribution in [-0.2, 0) is 16.1 Å². The van der Waals surface area contributed by atoms with E-state index in [9.17, 15) is 4.79 Å². The Morgan fingerprint density at radius 3 is 2.56 bits per heavy atom. The Balaban J connectivity index is 2.37. The van der Waals surface area contributed by atoms with Gasteiger partial charge in [-0.15, -0.1) is 0 Å². The van der Waals surface area contributed by atoms with Crippen molar-refractivity contribution < 1.29 is 14.3 Å². The Hall–Kier alpha value is -1.03. The highest BCUT2D eigenvalue weighted by Gasteiger charge is 2.15. The number of unbranched alkanes of at least 4 members (excludes halogenated alkanes) is 1. The number of benzene rings is 1. The molecule has 3 nitrogen and oxygen atoms in total. The monoisotopic (exact) mass is 314 g/mol. The Kier molecular flexibility index (Phi) is 6.80. The van der Waals surface area contributed by atoms with Crippen LogP contribution in [0, 0.1) is 0 Å². The van der Waals surface area contributed by atoms with E-state index in [-0.39, 0.29) is 10.8 Å². The molecule has 100 valence electrons. The van der Waals surface area contributed by atoms with Crippen LogP contribution in [0.3, 0.4) is 0 Å². The molecule has 1 unspecified atom stereocenters. The molecule has 0 bridgehead atoms. The molecule has 1 rings (SSSR count). The minimum atomic E-state index is -0.198. The third-order valence-corrected chi connectivity index (χ3v) is 3.44. The molecule has 1 atom stereocenters. The van der Waals surface area contributed by atoms with Gasteiger partial charge in [0.25, 0.3) is 0 Å². The smallest absolute Gasteiger partial charge is 0.320 e. The van der Waals surface area contributed by atoms with Gasteiger partial charge in [0.05, 0.1) is 7.11 Å². The van der Waals surface area contributed by atoms with Crippen molar-refractivity contribution in [3.63, 3.8) is 0 Å². The molecule has 0 fully saturated rings. The number of ether oxygens (including phenoxy) is 2. The number of alkyl halides is 1. The lowest BCUT2D eigenvalue weighted by Gasteiger charge is -2.10. The van der Waals surface area contributed by atoms with Gasteiger partial charge in [-0.1, -0.05) is 47.8 Å². The van der Waals surface area contributed by atoms with Gasteiger partial charge in [-0.05, 0) is 24.1 Å². The molecular formula is C14H19BrO3. The van der Waals surface area contributed by atoms with E-state index >= 15 is 0 Å². The van der Waals surface area contributed by atoms with Crippen LogP contribution in [0.2, 0.25) is 0 Å². The third kappa shape index (κ3) is 5.08. The van der Waals surface area contributed by atoms with Gasteiger partial charge in [0.1, 0.15) is 17.2 Å². The van der Waals surface area contributed by atoms with E-state index in [1.165, 1.54) is 0 Å². The summed E-state index contributed by atoms with van der Waals surface area (Å²) in [6.07, 6.45) is 2.92. The predicted molar refractivity (Wildman–Crippen MR) is 75.0 cm³/mol. The number of methoxy groups -OCH3 is 1. The number of esters is 1. The normalized spacial score (nSPS) is 11.9. The molecule has 0 N–H and O–H groups in total. The average Bonchev–Trinajstić information content (AvgIpc) is 2.42. The summed E-state index contributed by atoms with van der Waals surface area (Å²) >= 11 is 3.35. The Morgan fingerprint density at radius 2 is 2.00 bits per heavy atom. The fraction of sp³-hybridized carbons (Fsp3) is 0.500. The van der Waals surface area contributed by atoms with Crippen LogP contribution in [-0.4, -0.2) is 17.9 Å². The molecule has 0 aliphatic heterocycles. The molecule has 4 heteroatoms. The number of carbonyl (C=O) groups excluding carboxylic acids is 1. The molecule has 1 aromatic rings. The van der Waals surface area contributed by atoms with Crippen LogP contribution in [0.4, 0.5) is 0 Å². The van der Waals surface area contributed by atoms with E-state index in [1.54, 1.807) is 7.11 Å². The summed E-state index contributed by atoms with van der Waals surface area (Å²) in [5, 5.41) is 0. The standard InChI is InChI=1S/C14H19BrO3/c1-3-4-5-13(15)14(16)18-10-11-6-8-12(17-2)9-7-11/h6-9,13H,3-5,10H2,1-2H3. The summed E-state index contributed by atoms with van der Waals surface area (Å²) < 4.78 is 10.3. The first-order valence-electron chi connectivity index (χ1n) is 6.11. The lowest BCUT2D eigenvalue weighted by molar-refractivity contribution is -0.144. The predicted octanol–water partition coefficient (Wildman–Crippen LogP) is 3.69. The molecule has 0 saturated carbocycles. The topological polar surface area (TPSA) is 35.5 Å². The van der Waals surface area contributed by atoms with Crippen molar-refractivity contribution >= 4 is 21.9 Å². The highest BCUT2D eigenvalue weighted by molar-refractivity contribution is 9.10. The number of hydrogen-bond donors (Lipinski definition) is 0. The first kappa shape index (κ1) is 15.0. The molecule has 0 saturated heterocycles. The van der Waals surface area contributed by atoms with E-state index in [4.69, 9.17) is 9.47 Å². The second kappa shape index (κ2) is 8.14.